The SMILES string of the molecule is CCCCCN1CC=C[C@]23O[C@]4(C)C=CCCOC(=O)[C@@H]4[C@H]2C(=O)N([C@H](CO)c2ccccc2)C3C1=O. The first-order chi connectivity index (χ1) is 17.9. The smallest absolute Gasteiger partial charge is 0.313 e. The van der Waals surface area contributed by atoms with E-state index >= 15 is 0 Å². The molecule has 0 aromatic heterocycles. The van der Waals surface area contributed by atoms with E-state index in [2.05, 4.69) is 6.92 Å². The van der Waals surface area contributed by atoms with Crippen LogP contribution in [0.4, 0.5) is 0 Å². The van der Waals surface area contributed by atoms with Crippen LogP contribution in [0.2, 0.25) is 0 Å². The molecule has 1 aromatic rings. The van der Waals surface area contributed by atoms with Crippen LogP contribution in [0.3, 0.4) is 0 Å². The van der Waals surface area contributed by atoms with Crippen LogP contribution < -0.4 is 0 Å². The van der Waals surface area contributed by atoms with Crippen molar-refractivity contribution in [1.29, 1.82) is 0 Å². The van der Waals surface area contributed by atoms with Gasteiger partial charge in [-0.1, -0.05) is 74.4 Å². The second kappa shape index (κ2) is 10.1. The second-order valence-electron chi connectivity index (χ2n) is 10.6. The van der Waals surface area contributed by atoms with Crippen LogP contribution in [0.1, 0.15) is 51.1 Å². The average Bonchev–Trinajstić information content (AvgIpc) is 3.21. The Kier molecular flexibility index (Phi) is 6.98. The molecule has 0 bridgehead atoms. The zero-order valence-corrected chi connectivity index (χ0v) is 21.5. The molecule has 4 aliphatic heterocycles. The fourth-order valence-corrected chi connectivity index (χ4v) is 6.59. The molecule has 8 heteroatoms. The minimum Gasteiger partial charge on any atom is -0.465 e. The summed E-state index contributed by atoms with van der Waals surface area (Å²) in [6.45, 7) is 4.73. The molecule has 1 aromatic carbocycles. The summed E-state index contributed by atoms with van der Waals surface area (Å²) in [6.07, 6.45) is 10.9. The van der Waals surface area contributed by atoms with E-state index in [4.69, 9.17) is 9.47 Å². The van der Waals surface area contributed by atoms with Gasteiger partial charge in [0, 0.05) is 13.1 Å². The molecule has 1 spiro atoms. The number of aliphatic hydroxyl groups is 1. The van der Waals surface area contributed by atoms with Gasteiger partial charge in [0.1, 0.15) is 17.6 Å². The predicted molar refractivity (Wildman–Crippen MR) is 136 cm³/mol. The Morgan fingerprint density at radius 1 is 1.05 bits per heavy atom. The highest BCUT2D eigenvalue weighted by molar-refractivity contribution is 5.99. The molecule has 0 radical (unpaired) electrons. The fourth-order valence-electron chi connectivity index (χ4n) is 6.59. The number of hydrogen-bond donors (Lipinski definition) is 1. The third kappa shape index (κ3) is 4.10. The van der Waals surface area contributed by atoms with Gasteiger partial charge in [-0.3, -0.25) is 14.4 Å². The van der Waals surface area contributed by atoms with E-state index in [0.717, 1.165) is 24.8 Å². The molecule has 5 rings (SSSR count). The fraction of sp³-hybridized carbons (Fsp3) is 0.552. The number of carbonyl (C=O) groups excluding carboxylic acids is 3. The maximum absolute atomic E-state index is 14.4. The number of benzene rings is 1. The minimum absolute atomic E-state index is 0.221. The molecule has 0 saturated carbocycles. The Bertz CT molecular complexity index is 1100. The molecule has 1 unspecified atom stereocenters. The number of fused-ring (bicyclic) bond motifs is 2. The largest absolute Gasteiger partial charge is 0.465 e. The molecule has 4 aliphatic rings. The molecule has 8 nitrogen and oxygen atoms in total. The highest BCUT2D eigenvalue weighted by atomic mass is 16.6. The lowest BCUT2D eigenvalue weighted by Crippen LogP contribution is -2.57. The van der Waals surface area contributed by atoms with Gasteiger partial charge in [0.05, 0.1) is 30.8 Å². The Morgan fingerprint density at radius 3 is 2.57 bits per heavy atom. The lowest BCUT2D eigenvalue weighted by atomic mass is 9.74. The number of carbonyl (C=O) groups is 3. The number of ether oxygens (including phenoxy) is 2. The lowest BCUT2D eigenvalue weighted by molar-refractivity contribution is -0.162. The van der Waals surface area contributed by atoms with Crippen molar-refractivity contribution in [2.75, 3.05) is 26.3 Å². The van der Waals surface area contributed by atoms with Crippen molar-refractivity contribution in [2.24, 2.45) is 11.8 Å². The van der Waals surface area contributed by atoms with Gasteiger partial charge in [0.25, 0.3) is 0 Å². The normalized spacial score (nSPS) is 33.8. The quantitative estimate of drug-likeness (QED) is 0.346. The molecule has 2 saturated heterocycles. The monoisotopic (exact) mass is 508 g/mol. The number of hydrogen-bond acceptors (Lipinski definition) is 6. The van der Waals surface area contributed by atoms with Gasteiger partial charge >= 0.3 is 5.97 Å². The first kappa shape index (κ1) is 25.7. The number of rotatable bonds is 7. The van der Waals surface area contributed by atoms with Crippen molar-refractivity contribution in [1.82, 2.24) is 9.80 Å². The summed E-state index contributed by atoms with van der Waals surface area (Å²) in [5.41, 5.74) is -1.75. The average molecular weight is 509 g/mol. The number of nitrogens with zero attached hydrogens (tertiary/aromatic N) is 2. The summed E-state index contributed by atoms with van der Waals surface area (Å²) in [6, 6.07) is 7.43. The molecular formula is C29H36N2O6. The number of esters is 1. The summed E-state index contributed by atoms with van der Waals surface area (Å²) < 4.78 is 12.3. The van der Waals surface area contributed by atoms with Crippen LogP contribution in [-0.2, 0) is 23.9 Å². The van der Waals surface area contributed by atoms with Crippen LogP contribution >= 0.6 is 0 Å². The molecule has 37 heavy (non-hydrogen) atoms. The molecule has 2 amide bonds. The number of likely N-dealkylation sites (tertiary alicyclic amines) is 1. The summed E-state index contributed by atoms with van der Waals surface area (Å²) in [7, 11) is 0. The van der Waals surface area contributed by atoms with E-state index in [1.54, 1.807) is 11.8 Å². The van der Waals surface area contributed by atoms with Crippen molar-refractivity contribution in [3.05, 3.63) is 60.2 Å². The number of cyclic esters (lactones) is 1. The van der Waals surface area contributed by atoms with E-state index in [0.29, 0.717) is 19.5 Å². The van der Waals surface area contributed by atoms with Gasteiger partial charge in [-0.2, -0.15) is 0 Å². The van der Waals surface area contributed by atoms with Gasteiger partial charge in [0.2, 0.25) is 11.8 Å². The van der Waals surface area contributed by atoms with Crippen LogP contribution in [0.25, 0.3) is 0 Å². The summed E-state index contributed by atoms with van der Waals surface area (Å²) in [5.74, 6) is -2.95. The van der Waals surface area contributed by atoms with Crippen LogP contribution in [0.15, 0.2) is 54.6 Å². The molecule has 198 valence electrons. The lowest BCUT2D eigenvalue weighted by Gasteiger charge is -2.40. The first-order valence-corrected chi connectivity index (χ1v) is 13.4. The Hall–Kier alpha value is -2.97. The predicted octanol–water partition coefficient (Wildman–Crippen LogP) is 2.78. The summed E-state index contributed by atoms with van der Waals surface area (Å²) >= 11 is 0. The van der Waals surface area contributed by atoms with Crippen molar-refractivity contribution < 1.29 is 29.0 Å². The van der Waals surface area contributed by atoms with Gasteiger partial charge < -0.3 is 24.4 Å². The molecule has 0 aliphatic carbocycles. The van der Waals surface area contributed by atoms with Gasteiger partial charge in [-0.05, 0) is 25.3 Å². The van der Waals surface area contributed by atoms with Gasteiger partial charge in [-0.25, -0.2) is 0 Å². The first-order valence-electron chi connectivity index (χ1n) is 13.4. The van der Waals surface area contributed by atoms with Crippen LogP contribution in [-0.4, -0.2) is 76.2 Å². The molecular weight excluding hydrogens is 472 g/mol. The Labute approximate surface area is 217 Å². The van der Waals surface area contributed by atoms with Crippen molar-refractivity contribution in [3.63, 3.8) is 0 Å². The maximum Gasteiger partial charge on any atom is 0.313 e. The zero-order valence-electron chi connectivity index (χ0n) is 21.5. The minimum atomic E-state index is -1.36. The highest BCUT2D eigenvalue weighted by Gasteiger charge is 2.75. The van der Waals surface area contributed by atoms with Crippen molar-refractivity contribution >= 4 is 17.8 Å². The third-order valence-corrected chi connectivity index (χ3v) is 8.27. The molecule has 6 atom stereocenters. The van der Waals surface area contributed by atoms with Crippen LogP contribution in [0.5, 0.6) is 0 Å². The number of amides is 2. The van der Waals surface area contributed by atoms with Crippen LogP contribution in [0, 0.1) is 11.8 Å². The van der Waals surface area contributed by atoms with E-state index in [1.807, 2.05) is 54.6 Å². The number of unbranched alkanes of at least 4 members (excludes halogenated alkanes) is 2. The van der Waals surface area contributed by atoms with E-state index < -0.39 is 41.1 Å². The summed E-state index contributed by atoms with van der Waals surface area (Å²) in [5, 5.41) is 10.5. The summed E-state index contributed by atoms with van der Waals surface area (Å²) in [4.78, 5) is 45.3. The Morgan fingerprint density at radius 2 is 1.84 bits per heavy atom. The van der Waals surface area contributed by atoms with E-state index in [1.165, 1.54) is 4.90 Å². The van der Waals surface area contributed by atoms with E-state index in [9.17, 15) is 19.5 Å². The van der Waals surface area contributed by atoms with Gasteiger partial charge in [-0.15, -0.1) is 0 Å². The second-order valence-corrected chi connectivity index (χ2v) is 10.6. The van der Waals surface area contributed by atoms with Gasteiger partial charge in [0.15, 0.2) is 0 Å². The van der Waals surface area contributed by atoms with Crippen molar-refractivity contribution in [3.8, 4) is 0 Å². The zero-order chi connectivity index (χ0) is 26.2. The third-order valence-electron chi connectivity index (χ3n) is 8.27. The van der Waals surface area contributed by atoms with Crippen molar-refractivity contribution in [2.45, 2.75) is 62.8 Å². The topological polar surface area (TPSA) is 96.4 Å². The Balaban J connectivity index is 1.65. The standard InChI is InChI=1S/C29H36N2O6/c1-3-4-9-16-30-17-11-15-29-22(23-27(35)36-18-10-8-14-28(23,2)37-29)25(33)31(24(29)26(30)34)21(19-32)20-12-6-5-7-13-20/h5-8,11-15,21-24,32H,3-4,9-10,16-19H2,1-2H3/t21-,22+,23+,24?,28-,29+/m1/s1. The maximum atomic E-state index is 14.4. The molecule has 1 N–H and O–H groups in total. The number of aliphatic hydroxyl groups excluding tert-OH is 1. The molecule has 2 fully saturated rings. The highest BCUT2D eigenvalue weighted by Crippen LogP contribution is 2.58. The molecule has 4 heterocycles. The van der Waals surface area contributed by atoms with E-state index in [-0.39, 0.29) is 25.0 Å².